The van der Waals surface area contributed by atoms with Crippen LogP contribution in [0.3, 0.4) is 0 Å². The summed E-state index contributed by atoms with van der Waals surface area (Å²) in [5.74, 6) is 0.628. The molecule has 0 saturated carbocycles. The van der Waals surface area contributed by atoms with Gasteiger partial charge in [-0.25, -0.2) is 14.8 Å². The van der Waals surface area contributed by atoms with Crippen LogP contribution in [0, 0.1) is 6.92 Å². The van der Waals surface area contributed by atoms with Crippen LogP contribution in [-0.2, 0) is 6.54 Å². The number of carbonyl (C=O) groups is 1. The summed E-state index contributed by atoms with van der Waals surface area (Å²) in [6, 6.07) is 7.79. The highest BCUT2D eigenvalue weighted by atomic mass is 16.2. The third kappa shape index (κ3) is 3.94. The summed E-state index contributed by atoms with van der Waals surface area (Å²) in [7, 11) is 1.60. The number of aryl methyl sites for hydroxylation is 1. The molecule has 0 bridgehead atoms. The Labute approximate surface area is 130 Å². The van der Waals surface area contributed by atoms with E-state index in [2.05, 4.69) is 32.0 Å². The van der Waals surface area contributed by atoms with Gasteiger partial charge in [0.2, 0.25) is 5.95 Å². The Hall–Kier alpha value is -2.63. The molecule has 2 rings (SSSR count). The zero-order valence-corrected chi connectivity index (χ0v) is 13.1. The van der Waals surface area contributed by atoms with Crippen molar-refractivity contribution in [3.63, 3.8) is 0 Å². The van der Waals surface area contributed by atoms with Gasteiger partial charge in [0, 0.05) is 31.9 Å². The first kappa shape index (κ1) is 15.8. The molecule has 1 heterocycles. The molecule has 0 saturated heterocycles. The van der Waals surface area contributed by atoms with Crippen LogP contribution >= 0.6 is 0 Å². The van der Waals surface area contributed by atoms with Crippen molar-refractivity contribution in [1.29, 1.82) is 0 Å². The van der Waals surface area contributed by atoms with Gasteiger partial charge in [0.05, 0.1) is 5.69 Å². The molecule has 0 atom stereocenters. The van der Waals surface area contributed by atoms with E-state index in [4.69, 9.17) is 0 Å². The Morgan fingerprint density at radius 3 is 2.77 bits per heavy atom. The minimum Gasteiger partial charge on any atom is -0.354 e. The van der Waals surface area contributed by atoms with Gasteiger partial charge in [-0.3, -0.25) is 0 Å². The van der Waals surface area contributed by atoms with Gasteiger partial charge in [0.15, 0.2) is 0 Å². The molecule has 1 aromatic heterocycles. The van der Waals surface area contributed by atoms with E-state index in [-0.39, 0.29) is 6.03 Å². The molecule has 116 valence electrons. The molecule has 2 aromatic rings. The van der Waals surface area contributed by atoms with Crippen LogP contribution in [0.25, 0.3) is 11.3 Å². The minimum atomic E-state index is -0.186. The Morgan fingerprint density at radius 2 is 2.09 bits per heavy atom. The van der Waals surface area contributed by atoms with Crippen LogP contribution in [0.5, 0.6) is 0 Å². The highest BCUT2D eigenvalue weighted by molar-refractivity contribution is 5.73. The molecule has 0 spiro atoms. The fourth-order valence-electron chi connectivity index (χ4n) is 2.08. The zero-order chi connectivity index (χ0) is 15.9. The first-order chi connectivity index (χ1) is 10.6. The number of nitrogens with zero attached hydrogens (tertiary/aromatic N) is 2. The Balaban J connectivity index is 2.18. The normalized spacial score (nSPS) is 10.1. The number of anilines is 1. The molecule has 3 N–H and O–H groups in total. The maximum Gasteiger partial charge on any atom is 0.314 e. The van der Waals surface area contributed by atoms with Gasteiger partial charge in [-0.2, -0.15) is 0 Å². The molecule has 1 aromatic carbocycles. The van der Waals surface area contributed by atoms with E-state index in [0.717, 1.165) is 28.9 Å². The minimum absolute atomic E-state index is 0.186. The van der Waals surface area contributed by atoms with Gasteiger partial charge in [-0.05, 0) is 37.1 Å². The fourth-order valence-corrected chi connectivity index (χ4v) is 2.08. The summed E-state index contributed by atoms with van der Waals surface area (Å²) < 4.78 is 0. The molecule has 0 radical (unpaired) electrons. The second kappa shape index (κ2) is 7.40. The van der Waals surface area contributed by atoms with Crippen molar-refractivity contribution in [2.24, 2.45) is 0 Å². The van der Waals surface area contributed by atoms with Gasteiger partial charge >= 0.3 is 6.03 Å². The molecule has 22 heavy (non-hydrogen) atoms. The average molecular weight is 299 g/mol. The summed E-state index contributed by atoms with van der Waals surface area (Å²) in [4.78, 5) is 19.9. The molecule has 0 fully saturated rings. The van der Waals surface area contributed by atoms with Gasteiger partial charge in [0.25, 0.3) is 0 Å². The molecule has 0 unspecified atom stereocenters. The van der Waals surface area contributed by atoms with Crippen LogP contribution < -0.4 is 16.0 Å². The van der Waals surface area contributed by atoms with Crippen LogP contribution in [0.4, 0.5) is 10.7 Å². The molecule has 6 nitrogen and oxygen atoms in total. The fraction of sp³-hybridized carbons (Fsp3) is 0.312. The van der Waals surface area contributed by atoms with Crippen LogP contribution in [0.15, 0.2) is 30.5 Å². The van der Waals surface area contributed by atoms with Crippen molar-refractivity contribution in [1.82, 2.24) is 20.6 Å². The van der Waals surface area contributed by atoms with E-state index < -0.39 is 0 Å². The highest BCUT2D eigenvalue weighted by Crippen LogP contribution is 2.21. The molecule has 0 aliphatic rings. The lowest BCUT2D eigenvalue weighted by molar-refractivity contribution is 0.242. The Bertz CT molecular complexity index is 657. The number of hydrogen-bond acceptors (Lipinski definition) is 4. The standard InChI is InChI=1S/C16H21N5O/c1-4-18-15-19-8-7-14(21-15)12-5-6-13(11(2)9-12)10-20-16(22)17-3/h5-9H,4,10H2,1-3H3,(H2,17,20,22)(H,18,19,21). The van der Waals surface area contributed by atoms with Crippen molar-refractivity contribution >= 4 is 12.0 Å². The zero-order valence-electron chi connectivity index (χ0n) is 13.1. The van der Waals surface area contributed by atoms with Crippen LogP contribution in [0.1, 0.15) is 18.1 Å². The lowest BCUT2D eigenvalue weighted by Gasteiger charge is -2.10. The lowest BCUT2D eigenvalue weighted by Crippen LogP contribution is -2.32. The molecular weight excluding hydrogens is 278 g/mol. The first-order valence-electron chi connectivity index (χ1n) is 7.26. The maximum atomic E-state index is 11.2. The number of urea groups is 1. The van der Waals surface area contributed by atoms with Crippen molar-refractivity contribution in [3.8, 4) is 11.3 Å². The lowest BCUT2D eigenvalue weighted by atomic mass is 10.0. The van der Waals surface area contributed by atoms with Crippen molar-refractivity contribution < 1.29 is 4.79 Å². The van der Waals surface area contributed by atoms with E-state index >= 15 is 0 Å². The number of hydrogen-bond donors (Lipinski definition) is 3. The van der Waals surface area contributed by atoms with Crippen LogP contribution in [-0.4, -0.2) is 29.6 Å². The predicted molar refractivity (Wildman–Crippen MR) is 87.7 cm³/mol. The summed E-state index contributed by atoms with van der Waals surface area (Å²) >= 11 is 0. The van der Waals surface area contributed by atoms with E-state index in [1.54, 1.807) is 13.2 Å². The topological polar surface area (TPSA) is 78.9 Å². The van der Waals surface area contributed by atoms with Crippen molar-refractivity contribution in [3.05, 3.63) is 41.6 Å². The number of rotatable bonds is 5. The number of carbonyl (C=O) groups excluding carboxylic acids is 1. The quantitative estimate of drug-likeness (QED) is 0.791. The summed E-state index contributed by atoms with van der Waals surface area (Å²) in [6.07, 6.45) is 1.75. The van der Waals surface area contributed by atoms with E-state index in [1.807, 2.05) is 32.0 Å². The summed E-state index contributed by atoms with van der Waals surface area (Å²) in [6.45, 7) is 5.32. The first-order valence-corrected chi connectivity index (χ1v) is 7.26. The third-order valence-corrected chi connectivity index (χ3v) is 3.30. The number of aromatic nitrogens is 2. The number of benzene rings is 1. The predicted octanol–water partition coefficient (Wildman–Crippen LogP) is 2.31. The van der Waals surface area contributed by atoms with Gasteiger partial charge in [0.1, 0.15) is 0 Å². The van der Waals surface area contributed by atoms with E-state index in [0.29, 0.717) is 12.5 Å². The maximum absolute atomic E-state index is 11.2. The summed E-state index contributed by atoms with van der Waals surface area (Å²) in [5, 5.41) is 8.43. The average Bonchev–Trinajstić information content (AvgIpc) is 2.54. The second-order valence-corrected chi connectivity index (χ2v) is 4.87. The number of amides is 2. The second-order valence-electron chi connectivity index (χ2n) is 4.87. The van der Waals surface area contributed by atoms with Crippen molar-refractivity contribution in [2.75, 3.05) is 18.9 Å². The van der Waals surface area contributed by atoms with Gasteiger partial charge in [-0.15, -0.1) is 0 Å². The SMILES string of the molecule is CCNc1nccc(-c2ccc(CNC(=O)NC)c(C)c2)n1. The van der Waals surface area contributed by atoms with E-state index in [9.17, 15) is 4.79 Å². The van der Waals surface area contributed by atoms with Gasteiger partial charge < -0.3 is 16.0 Å². The van der Waals surface area contributed by atoms with Gasteiger partial charge in [-0.1, -0.05) is 12.1 Å². The monoisotopic (exact) mass is 299 g/mol. The molecule has 0 aliphatic carbocycles. The Kier molecular flexibility index (Phi) is 5.30. The molecule has 2 amide bonds. The third-order valence-electron chi connectivity index (χ3n) is 3.30. The summed E-state index contributed by atoms with van der Waals surface area (Å²) in [5.41, 5.74) is 4.09. The van der Waals surface area contributed by atoms with Crippen LogP contribution in [0.2, 0.25) is 0 Å². The van der Waals surface area contributed by atoms with Crippen molar-refractivity contribution in [2.45, 2.75) is 20.4 Å². The molecule has 6 heteroatoms. The molecular formula is C16H21N5O. The number of nitrogens with one attached hydrogen (secondary N) is 3. The largest absolute Gasteiger partial charge is 0.354 e. The molecule has 0 aliphatic heterocycles. The highest BCUT2D eigenvalue weighted by Gasteiger charge is 2.06. The van der Waals surface area contributed by atoms with E-state index in [1.165, 1.54) is 0 Å². The smallest absolute Gasteiger partial charge is 0.314 e. The Morgan fingerprint density at radius 1 is 1.27 bits per heavy atom.